The van der Waals surface area contributed by atoms with E-state index >= 15 is 0 Å². The van der Waals surface area contributed by atoms with Crippen molar-refractivity contribution in [3.8, 4) is 5.75 Å². The molecule has 0 aliphatic carbocycles. The minimum Gasteiger partial charge on any atom is -0.492 e. The van der Waals surface area contributed by atoms with Crippen LogP contribution in [-0.2, 0) is 17.1 Å². The summed E-state index contributed by atoms with van der Waals surface area (Å²) in [6, 6.07) is 10.9. The van der Waals surface area contributed by atoms with E-state index in [2.05, 4.69) is 34.8 Å². The molecule has 0 saturated carbocycles. The highest BCUT2D eigenvalue weighted by Gasteiger charge is 2.27. The number of aryl methyl sites for hydroxylation is 1. The number of likely N-dealkylation sites (tertiary alicyclic amines) is 1. The van der Waals surface area contributed by atoms with Gasteiger partial charge in [-0.25, -0.2) is 13.6 Å². The minimum atomic E-state index is -3.66. The maximum Gasteiger partial charge on any atom is 0.238 e. The summed E-state index contributed by atoms with van der Waals surface area (Å²) in [4.78, 5) is 2.53. The third kappa shape index (κ3) is 3.80. The van der Waals surface area contributed by atoms with E-state index in [0.717, 1.165) is 13.1 Å². The molecule has 1 saturated heterocycles. The molecular formula is C17H23N3O3S. The highest BCUT2D eigenvalue weighted by Crippen LogP contribution is 2.31. The fraction of sp³-hybridized carbons (Fsp3) is 0.412. The Morgan fingerprint density at radius 1 is 1.25 bits per heavy atom. The van der Waals surface area contributed by atoms with Crippen molar-refractivity contribution in [3.05, 3.63) is 48.3 Å². The highest BCUT2D eigenvalue weighted by molar-refractivity contribution is 7.89. The molecule has 1 atom stereocenters. The zero-order valence-corrected chi connectivity index (χ0v) is 14.6. The number of aromatic nitrogens is 1. The first-order valence-electron chi connectivity index (χ1n) is 8.06. The summed E-state index contributed by atoms with van der Waals surface area (Å²) in [5.41, 5.74) is 1.34. The maximum atomic E-state index is 11.2. The van der Waals surface area contributed by atoms with Crippen molar-refractivity contribution < 1.29 is 13.2 Å². The molecule has 1 aromatic carbocycles. The van der Waals surface area contributed by atoms with Crippen LogP contribution in [0, 0.1) is 0 Å². The molecule has 1 aromatic heterocycles. The normalized spacial score (nSPS) is 18.8. The van der Waals surface area contributed by atoms with E-state index < -0.39 is 10.0 Å². The van der Waals surface area contributed by atoms with Gasteiger partial charge in [0.05, 0.1) is 10.9 Å². The van der Waals surface area contributed by atoms with Crippen molar-refractivity contribution in [2.24, 2.45) is 12.2 Å². The lowest BCUT2D eigenvalue weighted by atomic mass is 10.1. The highest BCUT2D eigenvalue weighted by atomic mass is 32.2. The number of hydrogen-bond acceptors (Lipinski definition) is 4. The first-order chi connectivity index (χ1) is 11.4. The Bertz CT molecular complexity index is 784. The van der Waals surface area contributed by atoms with Gasteiger partial charge in [0, 0.05) is 25.5 Å². The lowest BCUT2D eigenvalue weighted by Crippen LogP contribution is -2.29. The third-order valence-electron chi connectivity index (χ3n) is 4.49. The quantitative estimate of drug-likeness (QED) is 0.864. The molecule has 0 spiro atoms. The molecule has 1 aliphatic heterocycles. The van der Waals surface area contributed by atoms with Crippen LogP contribution in [-0.4, -0.2) is 37.6 Å². The van der Waals surface area contributed by atoms with E-state index in [4.69, 9.17) is 9.88 Å². The number of benzene rings is 1. The summed E-state index contributed by atoms with van der Waals surface area (Å²) in [5, 5.41) is 5.09. The smallest absolute Gasteiger partial charge is 0.238 e. The van der Waals surface area contributed by atoms with Crippen LogP contribution in [0.4, 0.5) is 0 Å². The van der Waals surface area contributed by atoms with Crippen LogP contribution in [0.3, 0.4) is 0 Å². The number of rotatable bonds is 6. The van der Waals surface area contributed by atoms with Crippen molar-refractivity contribution >= 4 is 10.0 Å². The van der Waals surface area contributed by atoms with Crippen LogP contribution >= 0.6 is 0 Å². The molecule has 2 aromatic rings. The van der Waals surface area contributed by atoms with Gasteiger partial charge in [-0.15, -0.1) is 0 Å². The monoisotopic (exact) mass is 349 g/mol. The zero-order chi connectivity index (χ0) is 17.2. The van der Waals surface area contributed by atoms with Gasteiger partial charge in [0.25, 0.3) is 0 Å². The topological polar surface area (TPSA) is 77.6 Å². The van der Waals surface area contributed by atoms with Crippen LogP contribution in [0.15, 0.2) is 47.5 Å². The molecule has 2 N–H and O–H groups in total. The van der Waals surface area contributed by atoms with Crippen LogP contribution in [0.25, 0.3) is 0 Å². The van der Waals surface area contributed by atoms with Crippen molar-refractivity contribution in [1.29, 1.82) is 0 Å². The molecule has 1 fully saturated rings. The van der Waals surface area contributed by atoms with Gasteiger partial charge in [0.1, 0.15) is 12.4 Å². The molecule has 0 bridgehead atoms. The van der Waals surface area contributed by atoms with Gasteiger partial charge in [-0.1, -0.05) is 0 Å². The SMILES string of the molecule is Cn1cccc1C1CCCN1CCOc1ccc(S(N)(=O)=O)cc1. The number of nitrogens with zero attached hydrogens (tertiary/aromatic N) is 2. The molecule has 6 nitrogen and oxygen atoms in total. The third-order valence-corrected chi connectivity index (χ3v) is 5.42. The molecule has 0 radical (unpaired) electrons. The number of nitrogens with two attached hydrogens (primary N) is 1. The maximum absolute atomic E-state index is 11.2. The van der Waals surface area contributed by atoms with Crippen molar-refractivity contribution in [3.63, 3.8) is 0 Å². The van der Waals surface area contributed by atoms with Crippen LogP contribution in [0.2, 0.25) is 0 Å². The second-order valence-corrected chi connectivity index (χ2v) is 7.66. The molecular weight excluding hydrogens is 326 g/mol. The molecule has 1 unspecified atom stereocenters. The van der Waals surface area contributed by atoms with Gasteiger partial charge >= 0.3 is 0 Å². The van der Waals surface area contributed by atoms with Crippen molar-refractivity contribution in [1.82, 2.24) is 9.47 Å². The fourth-order valence-corrected chi connectivity index (χ4v) is 3.77. The number of hydrogen-bond donors (Lipinski definition) is 1. The number of sulfonamides is 1. The molecule has 1 aliphatic rings. The van der Waals surface area contributed by atoms with E-state index in [0.29, 0.717) is 18.4 Å². The van der Waals surface area contributed by atoms with E-state index in [9.17, 15) is 8.42 Å². The van der Waals surface area contributed by atoms with Crippen molar-refractivity contribution in [2.75, 3.05) is 19.7 Å². The number of ether oxygens (including phenoxy) is 1. The largest absolute Gasteiger partial charge is 0.492 e. The van der Waals surface area contributed by atoms with E-state index in [-0.39, 0.29) is 4.90 Å². The Morgan fingerprint density at radius 2 is 2.00 bits per heavy atom. The second kappa shape index (κ2) is 6.96. The van der Waals surface area contributed by atoms with Crippen LogP contribution in [0.1, 0.15) is 24.6 Å². The lowest BCUT2D eigenvalue weighted by Gasteiger charge is -2.25. The first kappa shape index (κ1) is 17.0. The zero-order valence-electron chi connectivity index (χ0n) is 13.8. The fourth-order valence-electron chi connectivity index (χ4n) is 3.26. The predicted molar refractivity (Wildman–Crippen MR) is 92.3 cm³/mol. The Kier molecular flexibility index (Phi) is 4.93. The Morgan fingerprint density at radius 3 is 2.62 bits per heavy atom. The second-order valence-electron chi connectivity index (χ2n) is 6.10. The summed E-state index contributed by atoms with van der Waals surface area (Å²) in [6.45, 7) is 2.48. The van der Waals surface area contributed by atoms with Gasteiger partial charge in [-0.05, 0) is 55.8 Å². The van der Waals surface area contributed by atoms with E-state index in [1.807, 2.05) is 0 Å². The number of primary sulfonamides is 1. The minimum absolute atomic E-state index is 0.0955. The molecule has 0 amide bonds. The molecule has 2 heterocycles. The summed E-state index contributed by atoms with van der Waals surface area (Å²) >= 11 is 0. The van der Waals surface area contributed by atoms with E-state index in [1.54, 1.807) is 12.1 Å². The summed E-state index contributed by atoms with van der Waals surface area (Å²) in [7, 11) is -1.58. The predicted octanol–water partition coefficient (Wildman–Crippen LogP) is 1.89. The van der Waals surface area contributed by atoms with Crippen molar-refractivity contribution in [2.45, 2.75) is 23.8 Å². The standard InChI is InChI=1S/C17H23N3O3S/c1-19-10-2-4-16(19)17-5-3-11-20(17)12-13-23-14-6-8-15(9-7-14)24(18,21)22/h2,4,6-10,17H,3,5,11-13H2,1H3,(H2,18,21,22). The van der Waals surface area contributed by atoms with Gasteiger partial charge in [0.15, 0.2) is 0 Å². The molecule has 7 heteroatoms. The average molecular weight is 349 g/mol. The Hall–Kier alpha value is -1.83. The molecule has 130 valence electrons. The van der Waals surface area contributed by atoms with Gasteiger partial charge in [0.2, 0.25) is 10.0 Å². The van der Waals surface area contributed by atoms with Gasteiger partial charge < -0.3 is 9.30 Å². The average Bonchev–Trinajstić information content (AvgIpc) is 3.15. The Balaban J connectivity index is 1.55. The summed E-state index contributed by atoms with van der Waals surface area (Å²) in [6.07, 6.45) is 4.44. The van der Waals surface area contributed by atoms with Gasteiger partial charge in [-0.2, -0.15) is 0 Å². The van der Waals surface area contributed by atoms with E-state index in [1.165, 1.54) is 30.7 Å². The first-order valence-corrected chi connectivity index (χ1v) is 9.61. The summed E-state index contributed by atoms with van der Waals surface area (Å²) < 4.78 is 30.4. The summed E-state index contributed by atoms with van der Waals surface area (Å²) in [5.74, 6) is 0.650. The molecule has 3 rings (SSSR count). The lowest BCUT2D eigenvalue weighted by molar-refractivity contribution is 0.193. The molecule has 24 heavy (non-hydrogen) atoms. The van der Waals surface area contributed by atoms with Crippen LogP contribution in [0.5, 0.6) is 5.75 Å². The Labute approximate surface area is 142 Å². The van der Waals surface area contributed by atoms with Crippen LogP contribution < -0.4 is 9.88 Å². The van der Waals surface area contributed by atoms with Gasteiger partial charge in [-0.3, -0.25) is 4.90 Å².